The molecule has 0 fully saturated rings. The van der Waals surface area contributed by atoms with Gasteiger partial charge in [0.1, 0.15) is 17.5 Å². The summed E-state index contributed by atoms with van der Waals surface area (Å²) >= 11 is 0. The van der Waals surface area contributed by atoms with E-state index in [0.717, 1.165) is 17.2 Å². The summed E-state index contributed by atoms with van der Waals surface area (Å²) < 4.78 is 13.1. The number of rotatable bonds is 4. The SMILES string of the molecule is CNc1cccc(N(C)Cc2cccc(F)c2)n1. The van der Waals surface area contributed by atoms with E-state index < -0.39 is 0 Å². The third kappa shape index (κ3) is 2.97. The van der Waals surface area contributed by atoms with Gasteiger partial charge in [0, 0.05) is 20.6 Å². The largest absolute Gasteiger partial charge is 0.373 e. The van der Waals surface area contributed by atoms with Crippen molar-refractivity contribution in [2.24, 2.45) is 0 Å². The molecule has 0 amide bonds. The van der Waals surface area contributed by atoms with Crippen LogP contribution in [0.15, 0.2) is 42.5 Å². The van der Waals surface area contributed by atoms with Crippen LogP contribution in [0.25, 0.3) is 0 Å². The van der Waals surface area contributed by atoms with Gasteiger partial charge in [-0.2, -0.15) is 0 Å². The Balaban J connectivity index is 2.13. The van der Waals surface area contributed by atoms with Gasteiger partial charge in [-0.15, -0.1) is 0 Å². The highest BCUT2D eigenvalue weighted by molar-refractivity contribution is 5.46. The van der Waals surface area contributed by atoms with Gasteiger partial charge in [0.25, 0.3) is 0 Å². The van der Waals surface area contributed by atoms with E-state index in [1.54, 1.807) is 12.1 Å². The Morgan fingerprint density at radius 2 is 2.00 bits per heavy atom. The summed E-state index contributed by atoms with van der Waals surface area (Å²) in [5.74, 6) is 1.46. The third-order valence-electron chi connectivity index (χ3n) is 2.69. The maximum atomic E-state index is 13.1. The summed E-state index contributed by atoms with van der Waals surface area (Å²) in [6.07, 6.45) is 0. The second-order valence-corrected chi connectivity index (χ2v) is 4.12. The molecule has 4 heteroatoms. The van der Waals surface area contributed by atoms with Crippen LogP contribution in [0.1, 0.15) is 5.56 Å². The van der Waals surface area contributed by atoms with Crippen molar-refractivity contribution in [3.8, 4) is 0 Å². The normalized spacial score (nSPS) is 10.2. The van der Waals surface area contributed by atoms with Crippen LogP contribution < -0.4 is 10.2 Å². The monoisotopic (exact) mass is 245 g/mol. The molecule has 0 aliphatic heterocycles. The number of anilines is 2. The molecule has 0 bridgehead atoms. The Morgan fingerprint density at radius 1 is 1.22 bits per heavy atom. The number of benzene rings is 1. The summed E-state index contributed by atoms with van der Waals surface area (Å²) in [6.45, 7) is 0.623. The average Bonchev–Trinajstić information content (AvgIpc) is 2.39. The molecule has 0 radical (unpaired) electrons. The summed E-state index contributed by atoms with van der Waals surface area (Å²) in [4.78, 5) is 6.41. The fourth-order valence-electron chi connectivity index (χ4n) is 1.77. The van der Waals surface area contributed by atoms with Crippen molar-refractivity contribution in [2.75, 3.05) is 24.3 Å². The maximum Gasteiger partial charge on any atom is 0.130 e. The minimum Gasteiger partial charge on any atom is -0.373 e. The summed E-state index contributed by atoms with van der Waals surface area (Å²) in [6, 6.07) is 12.4. The molecule has 0 aliphatic carbocycles. The van der Waals surface area contributed by atoms with Crippen molar-refractivity contribution in [1.82, 2.24) is 4.98 Å². The van der Waals surface area contributed by atoms with E-state index in [-0.39, 0.29) is 5.82 Å². The molecule has 0 aliphatic rings. The van der Waals surface area contributed by atoms with E-state index in [2.05, 4.69) is 10.3 Å². The molecule has 2 rings (SSSR count). The smallest absolute Gasteiger partial charge is 0.130 e. The van der Waals surface area contributed by atoms with Gasteiger partial charge in [0.15, 0.2) is 0 Å². The van der Waals surface area contributed by atoms with Crippen molar-refractivity contribution in [1.29, 1.82) is 0 Å². The van der Waals surface area contributed by atoms with Crippen molar-refractivity contribution in [3.05, 3.63) is 53.8 Å². The number of halogens is 1. The van der Waals surface area contributed by atoms with Crippen LogP contribution >= 0.6 is 0 Å². The van der Waals surface area contributed by atoms with Gasteiger partial charge in [0.05, 0.1) is 0 Å². The van der Waals surface area contributed by atoms with Crippen LogP contribution in [0, 0.1) is 5.82 Å². The van der Waals surface area contributed by atoms with Gasteiger partial charge in [0.2, 0.25) is 0 Å². The van der Waals surface area contributed by atoms with Crippen molar-refractivity contribution in [2.45, 2.75) is 6.54 Å². The number of hydrogen-bond donors (Lipinski definition) is 1. The maximum absolute atomic E-state index is 13.1. The first-order chi connectivity index (χ1) is 8.69. The molecule has 1 heterocycles. The third-order valence-corrected chi connectivity index (χ3v) is 2.69. The summed E-state index contributed by atoms with van der Waals surface area (Å²) in [5, 5.41) is 3.00. The molecule has 0 unspecified atom stereocenters. The molecule has 18 heavy (non-hydrogen) atoms. The van der Waals surface area contributed by atoms with Crippen molar-refractivity contribution < 1.29 is 4.39 Å². The second kappa shape index (κ2) is 5.49. The van der Waals surface area contributed by atoms with E-state index in [1.165, 1.54) is 6.07 Å². The second-order valence-electron chi connectivity index (χ2n) is 4.12. The van der Waals surface area contributed by atoms with Gasteiger partial charge in [-0.3, -0.25) is 0 Å². The highest BCUT2D eigenvalue weighted by atomic mass is 19.1. The molecule has 0 saturated heterocycles. The first-order valence-electron chi connectivity index (χ1n) is 5.79. The van der Waals surface area contributed by atoms with Gasteiger partial charge in [-0.05, 0) is 29.8 Å². The minimum atomic E-state index is -0.210. The lowest BCUT2D eigenvalue weighted by Gasteiger charge is -2.18. The average molecular weight is 245 g/mol. The van der Waals surface area contributed by atoms with Crippen LogP contribution in [-0.2, 0) is 6.54 Å². The molecule has 0 saturated carbocycles. The number of nitrogens with zero attached hydrogens (tertiary/aromatic N) is 2. The number of pyridine rings is 1. The van der Waals surface area contributed by atoms with Gasteiger partial charge < -0.3 is 10.2 Å². The topological polar surface area (TPSA) is 28.2 Å². The van der Waals surface area contributed by atoms with Gasteiger partial charge in [-0.25, -0.2) is 9.37 Å². The Kier molecular flexibility index (Phi) is 3.77. The summed E-state index contributed by atoms with van der Waals surface area (Å²) in [7, 11) is 3.77. The van der Waals surface area contributed by atoms with Crippen LogP contribution in [-0.4, -0.2) is 19.1 Å². The van der Waals surface area contributed by atoms with Crippen molar-refractivity contribution in [3.63, 3.8) is 0 Å². The molecule has 1 aromatic heterocycles. The summed E-state index contributed by atoms with van der Waals surface area (Å²) in [5.41, 5.74) is 0.925. The van der Waals surface area contributed by atoms with Crippen LogP contribution in [0.2, 0.25) is 0 Å². The Bertz CT molecular complexity index is 528. The standard InChI is InChI=1S/C14H16FN3/c1-16-13-7-4-8-14(17-13)18(2)10-11-5-3-6-12(15)9-11/h3-9H,10H2,1-2H3,(H,16,17). The lowest BCUT2D eigenvalue weighted by Crippen LogP contribution is -2.18. The Morgan fingerprint density at radius 3 is 2.72 bits per heavy atom. The fourth-order valence-corrected chi connectivity index (χ4v) is 1.77. The van der Waals surface area contributed by atoms with Gasteiger partial charge >= 0.3 is 0 Å². The molecule has 0 spiro atoms. The molecule has 3 nitrogen and oxygen atoms in total. The minimum absolute atomic E-state index is 0.210. The molecule has 94 valence electrons. The molecular formula is C14H16FN3. The van der Waals surface area contributed by atoms with E-state index >= 15 is 0 Å². The molecule has 0 atom stereocenters. The first-order valence-corrected chi connectivity index (χ1v) is 5.79. The first kappa shape index (κ1) is 12.4. The Labute approximate surface area is 106 Å². The zero-order valence-corrected chi connectivity index (χ0v) is 10.5. The zero-order valence-electron chi connectivity index (χ0n) is 10.5. The highest BCUT2D eigenvalue weighted by Crippen LogP contribution is 2.15. The van der Waals surface area contributed by atoms with Crippen LogP contribution in [0.4, 0.5) is 16.0 Å². The van der Waals surface area contributed by atoms with Gasteiger partial charge in [-0.1, -0.05) is 18.2 Å². The number of hydrogen-bond acceptors (Lipinski definition) is 3. The predicted octanol–water partition coefficient (Wildman–Crippen LogP) is 2.90. The van der Waals surface area contributed by atoms with E-state index in [9.17, 15) is 4.39 Å². The zero-order chi connectivity index (χ0) is 13.0. The lowest BCUT2D eigenvalue weighted by atomic mass is 10.2. The van der Waals surface area contributed by atoms with E-state index in [0.29, 0.717) is 6.54 Å². The number of nitrogens with one attached hydrogen (secondary N) is 1. The quantitative estimate of drug-likeness (QED) is 0.897. The lowest BCUT2D eigenvalue weighted by molar-refractivity contribution is 0.625. The van der Waals surface area contributed by atoms with Crippen molar-refractivity contribution >= 4 is 11.6 Å². The molecule has 1 N–H and O–H groups in total. The van der Waals surface area contributed by atoms with E-state index in [4.69, 9.17) is 0 Å². The Hall–Kier alpha value is -2.10. The fraction of sp³-hybridized carbons (Fsp3) is 0.214. The molecular weight excluding hydrogens is 229 g/mol. The molecule has 1 aromatic carbocycles. The highest BCUT2D eigenvalue weighted by Gasteiger charge is 2.04. The van der Waals surface area contributed by atoms with Crippen LogP contribution in [0.3, 0.4) is 0 Å². The number of aromatic nitrogens is 1. The predicted molar refractivity (Wildman–Crippen MR) is 72.3 cm³/mol. The van der Waals surface area contributed by atoms with Crippen LogP contribution in [0.5, 0.6) is 0 Å². The molecule has 2 aromatic rings. The van der Waals surface area contributed by atoms with E-state index in [1.807, 2.05) is 43.3 Å².